The highest BCUT2D eigenvalue weighted by Gasteiger charge is 2.18. The van der Waals surface area contributed by atoms with Gasteiger partial charge in [0, 0.05) is 0 Å². The molecule has 0 saturated heterocycles. The topological polar surface area (TPSA) is 98.2 Å². The van der Waals surface area contributed by atoms with Gasteiger partial charge >= 0.3 is 6.09 Å². The molecule has 0 aliphatic rings. The molecule has 0 spiro atoms. The van der Waals surface area contributed by atoms with Crippen LogP contribution >= 0.6 is 15.9 Å². The summed E-state index contributed by atoms with van der Waals surface area (Å²) in [6.45, 7) is 1.95. The van der Waals surface area contributed by atoms with E-state index in [0.29, 0.717) is 21.5 Å². The lowest BCUT2D eigenvalue weighted by Crippen LogP contribution is -2.33. The summed E-state index contributed by atoms with van der Waals surface area (Å²) < 4.78 is 16.2. The normalized spacial score (nSPS) is 11.6. The first-order valence-electron chi connectivity index (χ1n) is 9.20. The minimum atomic E-state index is -0.585. The standard InChI is InChI=1S/C21H24BrN3O5/c1-4-30-21(27)24-17(15-8-6-5-7-9-15)12-19(26)25-23-13-14-10-16(22)20(29-3)18(11-14)28-2/h5-11,13,17H,4,12H2,1-3H3,(H,24,27)(H,25,26)/b23-13-/t17-/m0/s1. The second-order valence-electron chi connectivity index (χ2n) is 6.06. The third-order valence-corrected chi connectivity index (χ3v) is 4.61. The van der Waals surface area contributed by atoms with Crippen molar-refractivity contribution in [3.63, 3.8) is 0 Å². The number of ether oxygens (including phenoxy) is 3. The Hall–Kier alpha value is -3.07. The molecule has 0 fully saturated rings. The number of nitrogens with zero attached hydrogens (tertiary/aromatic N) is 1. The van der Waals surface area contributed by atoms with E-state index in [0.717, 1.165) is 5.56 Å². The third-order valence-electron chi connectivity index (χ3n) is 4.02. The number of amides is 2. The van der Waals surface area contributed by atoms with E-state index in [-0.39, 0.29) is 18.9 Å². The van der Waals surface area contributed by atoms with Crippen molar-refractivity contribution >= 4 is 34.1 Å². The summed E-state index contributed by atoms with van der Waals surface area (Å²) in [7, 11) is 3.08. The molecule has 0 heterocycles. The number of halogens is 1. The summed E-state index contributed by atoms with van der Waals surface area (Å²) in [6, 6.07) is 12.1. The minimum Gasteiger partial charge on any atom is -0.493 e. The number of carbonyl (C=O) groups is 2. The van der Waals surface area contributed by atoms with E-state index in [2.05, 4.69) is 31.8 Å². The van der Waals surface area contributed by atoms with Gasteiger partial charge in [0.2, 0.25) is 5.91 Å². The van der Waals surface area contributed by atoms with Crippen molar-refractivity contribution < 1.29 is 23.8 Å². The van der Waals surface area contributed by atoms with Crippen LogP contribution in [0.1, 0.15) is 30.5 Å². The zero-order chi connectivity index (χ0) is 21.9. The van der Waals surface area contributed by atoms with E-state index in [9.17, 15) is 9.59 Å². The number of carbonyl (C=O) groups excluding carboxylic acids is 2. The maximum absolute atomic E-state index is 12.4. The fourth-order valence-electron chi connectivity index (χ4n) is 2.67. The fourth-order valence-corrected chi connectivity index (χ4v) is 3.30. The number of methoxy groups -OCH3 is 2. The van der Waals surface area contributed by atoms with Gasteiger partial charge in [-0.2, -0.15) is 5.10 Å². The lowest BCUT2D eigenvalue weighted by Gasteiger charge is -2.18. The predicted octanol–water partition coefficient (Wildman–Crippen LogP) is 3.79. The van der Waals surface area contributed by atoms with E-state index < -0.39 is 12.1 Å². The number of nitrogens with one attached hydrogen (secondary N) is 2. The van der Waals surface area contributed by atoms with E-state index in [1.807, 2.05) is 30.3 Å². The van der Waals surface area contributed by atoms with Crippen LogP contribution in [0.5, 0.6) is 11.5 Å². The van der Waals surface area contributed by atoms with Crippen molar-refractivity contribution in [2.45, 2.75) is 19.4 Å². The van der Waals surface area contributed by atoms with Gasteiger partial charge in [-0.15, -0.1) is 0 Å². The van der Waals surface area contributed by atoms with Crippen molar-refractivity contribution in [1.82, 2.24) is 10.7 Å². The fraction of sp³-hybridized carbons (Fsp3) is 0.286. The summed E-state index contributed by atoms with van der Waals surface area (Å²) in [5.41, 5.74) is 3.96. The number of hydrazone groups is 1. The Labute approximate surface area is 183 Å². The van der Waals surface area contributed by atoms with Crippen LogP contribution in [0.4, 0.5) is 4.79 Å². The number of benzene rings is 2. The van der Waals surface area contributed by atoms with Gasteiger partial charge < -0.3 is 19.5 Å². The quantitative estimate of drug-likeness (QED) is 0.422. The Balaban J connectivity index is 2.05. The molecular formula is C21H24BrN3O5. The maximum atomic E-state index is 12.4. The van der Waals surface area contributed by atoms with Crippen molar-refractivity contribution in [2.24, 2.45) is 5.10 Å². The van der Waals surface area contributed by atoms with Crippen molar-refractivity contribution in [1.29, 1.82) is 0 Å². The summed E-state index contributed by atoms with van der Waals surface area (Å²) >= 11 is 3.41. The molecule has 0 bridgehead atoms. The molecule has 8 nitrogen and oxygen atoms in total. The molecule has 2 rings (SSSR count). The molecule has 30 heavy (non-hydrogen) atoms. The highest BCUT2D eigenvalue weighted by molar-refractivity contribution is 9.10. The van der Waals surface area contributed by atoms with Crippen molar-refractivity contribution in [3.8, 4) is 11.5 Å². The SMILES string of the molecule is CCOC(=O)N[C@@H](CC(=O)N/N=C\c1cc(Br)c(OC)c(OC)c1)c1ccccc1. The first-order valence-corrected chi connectivity index (χ1v) is 9.99. The van der Waals surface area contributed by atoms with E-state index in [1.165, 1.54) is 13.3 Å². The Morgan fingerprint density at radius 3 is 2.53 bits per heavy atom. The molecule has 0 aliphatic heterocycles. The van der Waals surface area contributed by atoms with Crippen LogP contribution in [-0.4, -0.2) is 39.0 Å². The van der Waals surface area contributed by atoms with Gasteiger partial charge in [0.1, 0.15) is 0 Å². The molecule has 2 N–H and O–H groups in total. The average Bonchev–Trinajstić information content (AvgIpc) is 2.73. The van der Waals surface area contributed by atoms with Crippen LogP contribution in [0.25, 0.3) is 0 Å². The molecule has 0 aliphatic carbocycles. The number of alkyl carbamates (subject to hydrolysis) is 1. The Morgan fingerprint density at radius 2 is 1.90 bits per heavy atom. The number of rotatable bonds is 9. The highest BCUT2D eigenvalue weighted by Crippen LogP contribution is 2.35. The molecule has 1 atom stereocenters. The number of hydrogen-bond donors (Lipinski definition) is 2. The zero-order valence-electron chi connectivity index (χ0n) is 17.0. The van der Waals surface area contributed by atoms with Gasteiger partial charge in [-0.1, -0.05) is 30.3 Å². The third kappa shape index (κ3) is 6.77. The van der Waals surface area contributed by atoms with Crippen LogP contribution in [-0.2, 0) is 9.53 Å². The molecule has 0 aromatic heterocycles. The smallest absolute Gasteiger partial charge is 0.407 e. The maximum Gasteiger partial charge on any atom is 0.407 e. The number of hydrogen-bond acceptors (Lipinski definition) is 6. The summed E-state index contributed by atoms with van der Waals surface area (Å²) in [5.74, 6) is 0.730. The second-order valence-corrected chi connectivity index (χ2v) is 6.92. The van der Waals surface area contributed by atoms with Gasteiger partial charge in [-0.25, -0.2) is 10.2 Å². The van der Waals surface area contributed by atoms with Crippen LogP contribution in [0.15, 0.2) is 52.0 Å². The molecule has 2 amide bonds. The van der Waals surface area contributed by atoms with Gasteiger partial charge in [-0.3, -0.25) is 4.79 Å². The van der Waals surface area contributed by atoms with Crippen LogP contribution in [0.3, 0.4) is 0 Å². The highest BCUT2D eigenvalue weighted by atomic mass is 79.9. The Bertz CT molecular complexity index is 890. The molecule has 0 unspecified atom stereocenters. The predicted molar refractivity (Wildman–Crippen MR) is 117 cm³/mol. The lowest BCUT2D eigenvalue weighted by atomic mass is 10.0. The Kier molecular flexibility index (Phi) is 9.14. The van der Waals surface area contributed by atoms with Crippen LogP contribution < -0.4 is 20.2 Å². The monoisotopic (exact) mass is 477 g/mol. The van der Waals surface area contributed by atoms with Crippen LogP contribution in [0.2, 0.25) is 0 Å². The molecule has 2 aromatic rings. The Morgan fingerprint density at radius 1 is 1.17 bits per heavy atom. The summed E-state index contributed by atoms with van der Waals surface area (Å²) in [4.78, 5) is 24.2. The van der Waals surface area contributed by atoms with E-state index in [4.69, 9.17) is 14.2 Å². The van der Waals surface area contributed by atoms with Crippen molar-refractivity contribution in [3.05, 3.63) is 58.1 Å². The van der Waals surface area contributed by atoms with Crippen LogP contribution in [0, 0.1) is 0 Å². The molecule has 2 aromatic carbocycles. The van der Waals surface area contributed by atoms with Crippen molar-refractivity contribution in [2.75, 3.05) is 20.8 Å². The lowest BCUT2D eigenvalue weighted by molar-refractivity contribution is -0.121. The first kappa shape index (κ1) is 23.2. The van der Waals surface area contributed by atoms with Gasteiger partial charge in [-0.05, 0) is 46.1 Å². The van der Waals surface area contributed by atoms with Gasteiger partial charge in [0.15, 0.2) is 11.5 Å². The minimum absolute atomic E-state index is 0.00417. The summed E-state index contributed by atoms with van der Waals surface area (Å²) in [6.07, 6.45) is 0.898. The average molecular weight is 478 g/mol. The van der Waals surface area contributed by atoms with Gasteiger partial charge in [0.05, 0.1) is 44.0 Å². The zero-order valence-corrected chi connectivity index (χ0v) is 18.6. The molecule has 0 saturated carbocycles. The summed E-state index contributed by atoms with van der Waals surface area (Å²) in [5, 5.41) is 6.69. The van der Waals surface area contributed by atoms with Gasteiger partial charge in [0.25, 0.3) is 0 Å². The molecule has 0 radical (unpaired) electrons. The molecule has 9 heteroatoms. The largest absolute Gasteiger partial charge is 0.493 e. The van der Waals surface area contributed by atoms with E-state index in [1.54, 1.807) is 26.2 Å². The first-order chi connectivity index (χ1) is 14.5. The van der Waals surface area contributed by atoms with E-state index >= 15 is 0 Å². The molecule has 160 valence electrons. The molecular weight excluding hydrogens is 454 g/mol. The second kappa shape index (κ2) is 11.8.